The lowest BCUT2D eigenvalue weighted by molar-refractivity contribution is 0.181. The second kappa shape index (κ2) is 4.83. The van der Waals surface area contributed by atoms with Gasteiger partial charge in [-0.15, -0.1) is 0 Å². The summed E-state index contributed by atoms with van der Waals surface area (Å²) >= 11 is 0. The average molecular weight is 274 g/mol. The van der Waals surface area contributed by atoms with Crippen molar-refractivity contribution in [2.75, 3.05) is 26.0 Å². The number of nitrogen functional groups attached to an aromatic ring is 1. The molecule has 5 nitrogen and oxygen atoms in total. The number of nitrogens with zero attached hydrogens (tertiary/aromatic N) is 1. The van der Waals surface area contributed by atoms with E-state index in [-0.39, 0.29) is 16.6 Å². The Hall–Kier alpha value is -1.18. The molecule has 2 N–H and O–H groups in total. The third-order valence-corrected chi connectivity index (χ3v) is 4.97. The Morgan fingerprint density at radius 1 is 1.50 bits per heavy atom. The number of anilines is 1. The number of hydrogen-bond donors (Lipinski definition) is 1. The first-order chi connectivity index (χ1) is 8.43. The molecule has 0 aromatic heterocycles. The van der Waals surface area contributed by atoms with Gasteiger partial charge in [0.25, 0.3) is 0 Å². The van der Waals surface area contributed by atoms with Crippen LogP contribution in [-0.4, -0.2) is 39.0 Å². The van der Waals surface area contributed by atoms with Crippen molar-refractivity contribution in [3.8, 4) is 0 Å². The van der Waals surface area contributed by atoms with Crippen LogP contribution in [0.4, 0.5) is 10.1 Å². The topological polar surface area (TPSA) is 72.6 Å². The second-order valence-corrected chi connectivity index (χ2v) is 6.22. The van der Waals surface area contributed by atoms with E-state index >= 15 is 0 Å². The summed E-state index contributed by atoms with van der Waals surface area (Å²) in [6.45, 7) is 0.911. The highest BCUT2D eigenvalue weighted by molar-refractivity contribution is 7.89. The quantitative estimate of drug-likeness (QED) is 0.828. The van der Waals surface area contributed by atoms with Crippen LogP contribution in [0.1, 0.15) is 6.42 Å². The highest BCUT2D eigenvalue weighted by Crippen LogP contribution is 2.23. The molecule has 1 aliphatic rings. The van der Waals surface area contributed by atoms with Crippen molar-refractivity contribution in [3.63, 3.8) is 0 Å². The van der Waals surface area contributed by atoms with Gasteiger partial charge >= 0.3 is 0 Å². The molecule has 0 amide bonds. The molecule has 1 heterocycles. The summed E-state index contributed by atoms with van der Waals surface area (Å²) < 4.78 is 44.2. The lowest BCUT2D eigenvalue weighted by Gasteiger charge is -2.22. The Morgan fingerprint density at radius 3 is 2.78 bits per heavy atom. The van der Waals surface area contributed by atoms with Gasteiger partial charge in [-0.05, 0) is 24.6 Å². The molecule has 2 rings (SSSR count). The molecule has 0 bridgehead atoms. The fourth-order valence-corrected chi connectivity index (χ4v) is 3.22. The van der Waals surface area contributed by atoms with Crippen molar-refractivity contribution in [2.24, 2.45) is 0 Å². The van der Waals surface area contributed by atoms with Crippen molar-refractivity contribution in [1.29, 1.82) is 0 Å². The third kappa shape index (κ3) is 2.33. The number of sulfonamides is 1. The summed E-state index contributed by atoms with van der Waals surface area (Å²) in [4.78, 5) is -0.0939. The summed E-state index contributed by atoms with van der Waals surface area (Å²) in [5.41, 5.74) is 5.26. The van der Waals surface area contributed by atoms with E-state index in [9.17, 15) is 12.8 Å². The van der Waals surface area contributed by atoms with Crippen molar-refractivity contribution in [3.05, 3.63) is 24.0 Å². The molecule has 7 heteroatoms. The maximum Gasteiger partial charge on any atom is 0.243 e. The lowest BCUT2D eigenvalue weighted by Crippen LogP contribution is -2.37. The fourth-order valence-electron chi connectivity index (χ4n) is 1.84. The van der Waals surface area contributed by atoms with E-state index in [0.717, 1.165) is 6.07 Å². The Morgan fingerprint density at radius 2 is 2.22 bits per heavy atom. The Bertz CT molecular complexity index is 541. The molecule has 1 aromatic carbocycles. The number of nitrogens with two attached hydrogens (primary N) is 1. The van der Waals surface area contributed by atoms with E-state index < -0.39 is 15.8 Å². The zero-order valence-corrected chi connectivity index (χ0v) is 10.8. The van der Waals surface area contributed by atoms with Crippen LogP contribution >= 0.6 is 0 Å². The van der Waals surface area contributed by atoms with Gasteiger partial charge < -0.3 is 10.5 Å². The Balaban J connectivity index is 2.32. The summed E-state index contributed by atoms with van der Waals surface area (Å²) in [5.74, 6) is -0.729. The summed E-state index contributed by atoms with van der Waals surface area (Å²) in [6.07, 6.45) is 0.646. The number of halogens is 1. The van der Waals surface area contributed by atoms with Crippen molar-refractivity contribution in [1.82, 2.24) is 4.31 Å². The first-order valence-corrected chi connectivity index (χ1v) is 6.98. The van der Waals surface area contributed by atoms with Crippen molar-refractivity contribution in [2.45, 2.75) is 17.4 Å². The van der Waals surface area contributed by atoms with Gasteiger partial charge in [-0.2, -0.15) is 4.31 Å². The van der Waals surface area contributed by atoms with Crippen LogP contribution in [0, 0.1) is 5.82 Å². The average Bonchev–Trinajstić information content (AvgIpc) is 2.85. The third-order valence-electron chi connectivity index (χ3n) is 3.07. The summed E-state index contributed by atoms with van der Waals surface area (Å²) in [7, 11) is -2.23. The number of rotatable bonds is 3. The maximum atomic E-state index is 13.3. The summed E-state index contributed by atoms with van der Waals surface area (Å²) in [6, 6.07) is 3.30. The molecule has 1 atom stereocenters. The van der Waals surface area contributed by atoms with Crippen molar-refractivity contribution >= 4 is 15.7 Å². The minimum absolute atomic E-state index is 0.0687. The molecule has 1 fully saturated rings. The molecular weight excluding hydrogens is 259 g/mol. The van der Waals surface area contributed by atoms with Gasteiger partial charge in [0, 0.05) is 13.7 Å². The van der Waals surface area contributed by atoms with Crippen LogP contribution in [-0.2, 0) is 14.8 Å². The molecule has 100 valence electrons. The summed E-state index contributed by atoms with van der Waals surface area (Å²) in [5, 5.41) is 0. The van der Waals surface area contributed by atoms with Gasteiger partial charge in [0.2, 0.25) is 10.0 Å². The molecule has 0 spiro atoms. The highest BCUT2D eigenvalue weighted by atomic mass is 32.2. The van der Waals surface area contributed by atoms with Crippen molar-refractivity contribution < 1.29 is 17.5 Å². The first kappa shape index (κ1) is 13.3. The van der Waals surface area contributed by atoms with E-state index in [4.69, 9.17) is 10.5 Å². The van der Waals surface area contributed by atoms with Gasteiger partial charge in [0.05, 0.1) is 23.2 Å². The molecule has 0 saturated carbocycles. The molecule has 0 aliphatic carbocycles. The van der Waals surface area contributed by atoms with E-state index in [2.05, 4.69) is 0 Å². The predicted octanol–water partition coefficient (Wildman–Crippen LogP) is 0.817. The molecule has 1 unspecified atom stereocenters. The maximum absolute atomic E-state index is 13.3. The van der Waals surface area contributed by atoms with E-state index in [1.54, 1.807) is 0 Å². The normalized spacial score (nSPS) is 20.5. The van der Waals surface area contributed by atoms with Crippen LogP contribution in [0.5, 0.6) is 0 Å². The van der Waals surface area contributed by atoms with Gasteiger partial charge in [-0.3, -0.25) is 0 Å². The number of ether oxygens (including phenoxy) is 1. The largest absolute Gasteiger partial charge is 0.396 e. The first-order valence-electron chi connectivity index (χ1n) is 5.53. The Kier molecular flexibility index (Phi) is 3.56. The van der Waals surface area contributed by atoms with Crippen LogP contribution in [0.2, 0.25) is 0 Å². The molecule has 1 saturated heterocycles. The SMILES string of the molecule is CN(C1CCOC1)S(=O)(=O)c1ccc(N)c(F)c1. The smallest absolute Gasteiger partial charge is 0.243 e. The van der Waals surface area contributed by atoms with E-state index in [1.807, 2.05) is 0 Å². The zero-order valence-electron chi connectivity index (χ0n) is 9.97. The predicted molar refractivity (Wildman–Crippen MR) is 65.0 cm³/mol. The number of benzene rings is 1. The van der Waals surface area contributed by atoms with E-state index in [1.165, 1.54) is 23.5 Å². The van der Waals surface area contributed by atoms with Gasteiger partial charge in [0.15, 0.2) is 0 Å². The Labute approximate surface area is 105 Å². The molecule has 0 radical (unpaired) electrons. The van der Waals surface area contributed by atoms with Gasteiger partial charge in [-0.25, -0.2) is 12.8 Å². The van der Waals surface area contributed by atoms with E-state index in [0.29, 0.717) is 19.6 Å². The number of hydrogen-bond acceptors (Lipinski definition) is 4. The number of likely N-dealkylation sites (N-methyl/N-ethyl adjacent to an activating group) is 1. The van der Waals surface area contributed by atoms with Crippen LogP contribution in [0.25, 0.3) is 0 Å². The highest BCUT2D eigenvalue weighted by Gasteiger charge is 2.30. The molecule has 1 aromatic rings. The monoisotopic (exact) mass is 274 g/mol. The van der Waals surface area contributed by atoms with Crippen LogP contribution in [0.3, 0.4) is 0 Å². The van der Waals surface area contributed by atoms with Crippen LogP contribution < -0.4 is 5.73 Å². The standard InChI is InChI=1S/C11H15FN2O3S/c1-14(8-4-5-17-7-8)18(15,16)9-2-3-11(13)10(12)6-9/h2-3,6,8H,4-5,7,13H2,1H3. The van der Waals surface area contributed by atoms with Gasteiger partial charge in [-0.1, -0.05) is 0 Å². The minimum atomic E-state index is -3.70. The minimum Gasteiger partial charge on any atom is -0.396 e. The van der Waals surface area contributed by atoms with Crippen LogP contribution in [0.15, 0.2) is 23.1 Å². The second-order valence-electron chi connectivity index (χ2n) is 4.22. The molecule has 18 heavy (non-hydrogen) atoms. The van der Waals surface area contributed by atoms with Gasteiger partial charge in [0.1, 0.15) is 5.82 Å². The zero-order chi connectivity index (χ0) is 13.3. The fraction of sp³-hybridized carbons (Fsp3) is 0.455. The molecule has 1 aliphatic heterocycles. The lowest BCUT2D eigenvalue weighted by atomic mass is 10.3. The molecular formula is C11H15FN2O3S.